The zero-order valence-corrected chi connectivity index (χ0v) is 39.2. The maximum atomic E-state index is 6.31. The Labute approximate surface area is 406 Å². The van der Waals surface area contributed by atoms with Crippen molar-refractivity contribution < 1.29 is 4.42 Å². The van der Waals surface area contributed by atoms with E-state index in [0.29, 0.717) is 0 Å². The molecule has 14 aromatic rings. The van der Waals surface area contributed by atoms with Gasteiger partial charge in [0.2, 0.25) is 0 Å². The lowest BCUT2D eigenvalue weighted by atomic mass is 10.0. The number of anilines is 3. The Bertz CT molecular complexity index is 4100. The lowest BCUT2D eigenvalue weighted by Crippen LogP contribution is -2.74. The molecule has 0 aliphatic heterocycles. The molecule has 0 saturated heterocycles. The van der Waals surface area contributed by atoms with E-state index in [2.05, 4.69) is 264 Å². The predicted octanol–water partition coefficient (Wildman–Crippen LogP) is 14.9. The number of rotatable bonds is 9. The highest BCUT2D eigenvalue weighted by Crippen LogP contribution is 2.42. The first-order valence-corrected chi connectivity index (χ1v) is 26.1. The SMILES string of the molecule is c1ccc([Si](c2ccccc2)(c2ccccc2)c2ccc(N(c3ccc(-c4ccc5c(c4)oc4ccccc45)cc3)c3ccc(-c4ccc5c(c4)c4cccc6c7ccccc7n5c64)cc3)cc2)cc1. The minimum atomic E-state index is -2.72. The van der Waals surface area contributed by atoms with Crippen LogP contribution in [0.15, 0.2) is 271 Å². The van der Waals surface area contributed by atoms with Crippen LogP contribution in [0.1, 0.15) is 0 Å². The number of benzene rings is 11. The van der Waals surface area contributed by atoms with Gasteiger partial charge in [-0.25, -0.2) is 0 Å². The Morgan fingerprint density at radius 1 is 0.286 bits per heavy atom. The van der Waals surface area contributed by atoms with Crippen molar-refractivity contribution in [2.24, 2.45) is 0 Å². The first kappa shape index (κ1) is 40.1. The zero-order chi connectivity index (χ0) is 46.2. The van der Waals surface area contributed by atoms with Gasteiger partial charge >= 0.3 is 0 Å². The van der Waals surface area contributed by atoms with E-state index in [9.17, 15) is 0 Å². The van der Waals surface area contributed by atoms with E-state index in [1.165, 1.54) is 70.0 Å². The molecule has 70 heavy (non-hydrogen) atoms. The minimum absolute atomic E-state index is 0.897. The number of para-hydroxylation sites is 3. The average molecular weight is 909 g/mol. The van der Waals surface area contributed by atoms with Gasteiger partial charge in [0.1, 0.15) is 11.2 Å². The summed E-state index contributed by atoms with van der Waals surface area (Å²) in [5, 5.41) is 12.8. The quantitative estimate of drug-likeness (QED) is 0.106. The molecule has 3 heterocycles. The highest BCUT2D eigenvalue weighted by molar-refractivity contribution is 7.19. The van der Waals surface area contributed by atoms with Crippen molar-refractivity contribution >= 4 is 106 Å². The van der Waals surface area contributed by atoms with Crippen LogP contribution in [0.4, 0.5) is 17.1 Å². The molecule has 14 rings (SSSR count). The molecule has 0 radical (unpaired) electrons. The molecule has 0 amide bonds. The Kier molecular flexibility index (Phi) is 9.23. The van der Waals surface area contributed by atoms with Crippen LogP contribution in [0.2, 0.25) is 0 Å². The summed E-state index contributed by atoms with van der Waals surface area (Å²) >= 11 is 0. The Balaban J connectivity index is 0.884. The van der Waals surface area contributed by atoms with Gasteiger partial charge in [-0.05, 0) is 116 Å². The lowest BCUT2D eigenvalue weighted by Gasteiger charge is -2.35. The van der Waals surface area contributed by atoms with Crippen molar-refractivity contribution in [3.8, 4) is 22.3 Å². The normalized spacial score (nSPS) is 12.0. The number of aromatic nitrogens is 1. The largest absolute Gasteiger partial charge is 0.456 e. The van der Waals surface area contributed by atoms with Gasteiger partial charge in [-0.1, -0.05) is 194 Å². The third-order valence-electron chi connectivity index (χ3n) is 14.7. The molecular weight excluding hydrogens is 865 g/mol. The summed E-state index contributed by atoms with van der Waals surface area (Å²) in [4.78, 5) is 2.39. The maximum Gasteiger partial charge on any atom is 0.179 e. The molecule has 0 saturated carbocycles. The van der Waals surface area contributed by atoms with Gasteiger partial charge in [0, 0.05) is 49.4 Å². The molecule has 0 aliphatic rings. The van der Waals surface area contributed by atoms with Crippen molar-refractivity contribution in [3.05, 3.63) is 267 Å². The van der Waals surface area contributed by atoms with E-state index in [1.54, 1.807) is 0 Å². The van der Waals surface area contributed by atoms with Crippen LogP contribution in [-0.4, -0.2) is 12.5 Å². The third kappa shape index (κ3) is 6.20. The van der Waals surface area contributed by atoms with Crippen LogP contribution in [0.3, 0.4) is 0 Å². The van der Waals surface area contributed by atoms with Crippen LogP contribution < -0.4 is 25.6 Å². The minimum Gasteiger partial charge on any atom is -0.456 e. The fourth-order valence-electron chi connectivity index (χ4n) is 11.5. The Morgan fingerprint density at radius 2 is 0.714 bits per heavy atom. The van der Waals surface area contributed by atoms with E-state index in [1.807, 2.05) is 12.1 Å². The molecule has 0 fully saturated rings. The highest BCUT2D eigenvalue weighted by Gasteiger charge is 2.41. The van der Waals surface area contributed by atoms with Crippen molar-refractivity contribution in [1.82, 2.24) is 4.40 Å². The van der Waals surface area contributed by atoms with Crippen LogP contribution >= 0.6 is 0 Å². The van der Waals surface area contributed by atoms with E-state index < -0.39 is 8.07 Å². The number of hydrogen-bond donors (Lipinski definition) is 0. The van der Waals surface area contributed by atoms with E-state index in [-0.39, 0.29) is 0 Å². The van der Waals surface area contributed by atoms with Crippen LogP contribution in [0, 0.1) is 0 Å². The van der Waals surface area contributed by atoms with Gasteiger partial charge in [-0.3, -0.25) is 0 Å². The summed E-state index contributed by atoms with van der Waals surface area (Å²) in [5.41, 5.74) is 13.5. The molecule has 3 nitrogen and oxygen atoms in total. The zero-order valence-electron chi connectivity index (χ0n) is 38.2. The average Bonchev–Trinajstić information content (AvgIpc) is 4.10. The molecule has 0 bridgehead atoms. The van der Waals surface area contributed by atoms with Gasteiger partial charge in [0.15, 0.2) is 8.07 Å². The van der Waals surface area contributed by atoms with Crippen LogP contribution in [0.5, 0.6) is 0 Å². The first-order chi connectivity index (χ1) is 34.7. The maximum absolute atomic E-state index is 6.31. The summed E-state index contributed by atoms with van der Waals surface area (Å²) in [5.74, 6) is 0. The first-order valence-electron chi connectivity index (χ1n) is 24.1. The molecule has 0 aliphatic carbocycles. The van der Waals surface area contributed by atoms with E-state index in [0.717, 1.165) is 50.1 Å². The van der Waals surface area contributed by atoms with Gasteiger partial charge in [-0.15, -0.1) is 0 Å². The highest BCUT2D eigenvalue weighted by atomic mass is 28.3. The second kappa shape index (κ2) is 16.1. The summed E-state index contributed by atoms with van der Waals surface area (Å²) in [7, 11) is -2.72. The lowest BCUT2D eigenvalue weighted by molar-refractivity contribution is 0.669. The van der Waals surface area contributed by atoms with Crippen molar-refractivity contribution in [2.45, 2.75) is 0 Å². The third-order valence-corrected chi connectivity index (χ3v) is 19.5. The molecule has 0 atom stereocenters. The molecule has 328 valence electrons. The number of nitrogens with zero attached hydrogens (tertiary/aromatic N) is 2. The molecule has 0 spiro atoms. The second-order valence-electron chi connectivity index (χ2n) is 18.4. The fourth-order valence-corrected chi connectivity index (χ4v) is 16.2. The van der Waals surface area contributed by atoms with E-state index in [4.69, 9.17) is 4.42 Å². The molecule has 0 N–H and O–H groups in total. The molecule has 3 aromatic heterocycles. The van der Waals surface area contributed by atoms with Crippen LogP contribution in [-0.2, 0) is 0 Å². The number of hydrogen-bond acceptors (Lipinski definition) is 2. The van der Waals surface area contributed by atoms with Gasteiger partial charge in [-0.2, -0.15) is 0 Å². The molecule has 11 aromatic carbocycles. The summed E-state index contributed by atoms with van der Waals surface area (Å²) in [6.07, 6.45) is 0. The second-order valence-corrected chi connectivity index (χ2v) is 22.2. The topological polar surface area (TPSA) is 20.8 Å². The predicted molar refractivity (Wildman–Crippen MR) is 298 cm³/mol. The molecule has 4 heteroatoms. The molecule has 0 unspecified atom stereocenters. The van der Waals surface area contributed by atoms with Gasteiger partial charge < -0.3 is 13.7 Å². The van der Waals surface area contributed by atoms with Crippen LogP contribution in [0.25, 0.3) is 82.3 Å². The van der Waals surface area contributed by atoms with Crippen molar-refractivity contribution in [1.29, 1.82) is 0 Å². The summed E-state index contributed by atoms with van der Waals surface area (Å²) in [6.45, 7) is 0. The standard InChI is InChI=1S/C66H44N2OSi/c1-4-15-52(16-5-1)70(53-17-6-2-7-18-53,54-19-8-3-9-20-54)55-39-37-51(38-40-55)67(50-35-29-46(30-36-50)48-31-41-58-57-22-11-13-26-64(57)69-65(58)44-48)49-33-27-45(28-34-49)47-32-42-63-61(43-47)60-24-14-23-59-56-21-10-12-25-62(56)68(63)66(59)60/h1-44H. The number of furan rings is 1. The molecular formula is C66H44N2OSi. The van der Waals surface area contributed by atoms with Crippen molar-refractivity contribution in [3.63, 3.8) is 0 Å². The summed E-state index contributed by atoms with van der Waals surface area (Å²) in [6, 6.07) is 98.1. The van der Waals surface area contributed by atoms with E-state index >= 15 is 0 Å². The van der Waals surface area contributed by atoms with Crippen molar-refractivity contribution in [2.75, 3.05) is 4.90 Å². The van der Waals surface area contributed by atoms with Gasteiger partial charge in [0.05, 0.1) is 16.6 Å². The fraction of sp³-hybridized carbons (Fsp3) is 0. The summed E-state index contributed by atoms with van der Waals surface area (Å²) < 4.78 is 8.75. The Hall–Kier alpha value is -8.96. The smallest absolute Gasteiger partial charge is 0.179 e. The van der Waals surface area contributed by atoms with Gasteiger partial charge in [0.25, 0.3) is 0 Å². The monoisotopic (exact) mass is 908 g/mol. The number of fused-ring (bicyclic) bond motifs is 9. The Morgan fingerprint density at radius 3 is 1.33 bits per heavy atom.